The van der Waals surface area contributed by atoms with Crippen LogP contribution in [0, 0.1) is 6.92 Å². The number of hydrogen-bond acceptors (Lipinski definition) is 9. The fourth-order valence-corrected chi connectivity index (χ4v) is 6.83. The Morgan fingerprint density at radius 3 is 2.36 bits per heavy atom. The second kappa shape index (κ2) is 13.6. The minimum absolute atomic E-state index is 0. The summed E-state index contributed by atoms with van der Waals surface area (Å²) in [7, 11) is -0.455. The highest BCUT2D eigenvalue weighted by Gasteiger charge is 2.22. The Kier molecular flexibility index (Phi) is 10.2. The molecule has 0 spiro atoms. The average Bonchev–Trinajstić information content (AvgIpc) is 3.43. The van der Waals surface area contributed by atoms with Crippen molar-refractivity contribution in [1.29, 1.82) is 0 Å². The molecular formula is C29H34ClN5O5S2. The van der Waals surface area contributed by atoms with Crippen LogP contribution in [-0.4, -0.2) is 77.7 Å². The van der Waals surface area contributed by atoms with Gasteiger partial charge >= 0.3 is 0 Å². The van der Waals surface area contributed by atoms with Gasteiger partial charge in [-0.3, -0.25) is 14.4 Å². The van der Waals surface area contributed by atoms with Crippen LogP contribution in [0.1, 0.15) is 15.9 Å². The van der Waals surface area contributed by atoms with E-state index in [0.717, 1.165) is 58.6 Å². The highest BCUT2D eigenvalue weighted by Crippen LogP contribution is 2.40. The number of anilines is 2. The Morgan fingerprint density at radius 2 is 1.67 bits per heavy atom. The molecule has 1 amide bonds. The number of thiazole rings is 1. The van der Waals surface area contributed by atoms with Crippen molar-refractivity contribution in [1.82, 2.24) is 15.2 Å². The first-order chi connectivity index (χ1) is 19.8. The average molecular weight is 632 g/mol. The Bertz CT molecular complexity index is 1600. The first-order valence-corrected chi connectivity index (χ1v) is 15.5. The minimum atomic E-state index is -3.75. The van der Waals surface area contributed by atoms with Gasteiger partial charge < -0.3 is 19.7 Å². The van der Waals surface area contributed by atoms with Crippen molar-refractivity contribution in [3.8, 4) is 11.5 Å². The van der Waals surface area contributed by atoms with Crippen molar-refractivity contribution in [2.75, 3.05) is 63.1 Å². The molecule has 224 valence electrons. The van der Waals surface area contributed by atoms with Crippen LogP contribution >= 0.6 is 23.7 Å². The van der Waals surface area contributed by atoms with E-state index in [1.165, 1.54) is 0 Å². The van der Waals surface area contributed by atoms with E-state index in [0.29, 0.717) is 24.3 Å². The second-order valence-electron chi connectivity index (χ2n) is 9.73. The van der Waals surface area contributed by atoms with E-state index in [2.05, 4.69) is 19.8 Å². The highest BCUT2D eigenvalue weighted by molar-refractivity contribution is 7.92. The maximum Gasteiger partial charge on any atom is 0.261 e. The standard InChI is InChI=1S/C29H33N5O5S2.ClH/c1-20-7-9-23(10-8-20)41(36,37)32-22-6-4-5-21(19-22)28(35)30-13-14-33-15-17-34(18-16-33)29-31-26-24(38-2)11-12-25(39-3)27(26)40-29;/h4-12,19,32H,13-18H2,1-3H3,(H,30,35);1H. The molecule has 0 unspecified atom stereocenters. The summed E-state index contributed by atoms with van der Waals surface area (Å²) in [4.78, 5) is 22.4. The number of nitrogens with one attached hydrogen (secondary N) is 2. The van der Waals surface area contributed by atoms with Crippen LogP contribution in [-0.2, 0) is 10.0 Å². The fraction of sp³-hybridized carbons (Fsp3) is 0.310. The number of halogens is 1. The van der Waals surface area contributed by atoms with E-state index in [1.54, 1.807) is 74.1 Å². The van der Waals surface area contributed by atoms with Gasteiger partial charge in [0.1, 0.15) is 21.7 Å². The maximum atomic E-state index is 12.8. The first kappa shape index (κ1) is 31.4. The van der Waals surface area contributed by atoms with Gasteiger partial charge in [0, 0.05) is 50.5 Å². The van der Waals surface area contributed by atoms with Crippen LogP contribution in [0.4, 0.5) is 10.8 Å². The van der Waals surface area contributed by atoms with Crippen LogP contribution in [0.5, 0.6) is 11.5 Å². The van der Waals surface area contributed by atoms with Crippen LogP contribution in [0.3, 0.4) is 0 Å². The molecule has 1 aliphatic rings. The van der Waals surface area contributed by atoms with Gasteiger partial charge in [-0.25, -0.2) is 13.4 Å². The van der Waals surface area contributed by atoms with Crippen molar-refractivity contribution < 1.29 is 22.7 Å². The molecule has 1 saturated heterocycles. The lowest BCUT2D eigenvalue weighted by Gasteiger charge is -2.34. The molecule has 4 aromatic rings. The van der Waals surface area contributed by atoms with Crippen LogP contribution in [0.25, 0.3) is 10.2 Å². The van der Waals surface area contributed by atoms with Crippen LogP contribution in [0.15, 0.2) is 65.6 Å². The Balaban J connectivity index is 0.00000405. The number of hydrogen-bond donors (Lipinski definition) is 2. The third kappa shape index (κ3) is 7.06. The van der Waals surface area contributed by atoms with Gasteiger partial charge in [0.15, 0.2) is 5.13 Å². The van der Waals surface area contributed by atoms with Gasteiger partial charge in [-0.1, -0.05) is 35.1 Å². The van der Waals surface area contributed by atoms with Gasteiger partial charge in [0.05, 0.1) is 19.1 Å². The number of carbonyl (C=O) groups is 1. The molecule has 1 aliphatic heterocycles. The smallest absolute Gasteiger partial charge is 0.261 e. The molecular weight excluding hydrogens is 598 g/mol. The van der Waals surface area contributed by atoms with E-state index < -0.39 is 10.0 Å². The number of fused-ring (bicyclic) bond motifs is 1. The largest absolute Gasteiger partial charge is 0.495 e. The predicted molar refractivity (Wildman–Crippen MR) is 169 cm³/mol. The lowest BCUT2D eigenvalue weighted by Crippen LogP contribution is -2.48. The van der Waals surface area contributed by atoms with Gasteiger partial charge in [-0.05, 0) is 49.4 Å². The Morgan fingerprint density at radius 1 is 0.976 bits per heavy atom. The molecule has 0 saturated carbocycles. The van der Waals surface area contributed by atoms with E-state index >= 15 is 0 Å². The van der Waals surface area contributed by atoms with E-state index in [9.17, 15) is 13.2 Å². The molecule has 1 aromatic heterocycles. The molecule has 0 radical (unpaired) electrons. The molecule has 5 rings (SSSR count). The topological polar surface area (TPSA) is 113 Å². The molecule has 3 aromatic carbocycles. The van der Waals surface area contributed by atoms with Gasteiger partial charge in [-0.2, -0.15) is 0 Å². The normalized spacial score (nSPS) is 13.8. The number of rotatable bonds is 10. The number of piperazine rings is 1. The SMILES string of the molecule is COc1ccc(OC)c2sc(N3CCN(CCNC(=O)c4cccc(NS(=O)(=O)c5ccc(C)cc5)c4)CC3)nc12.Cl. The predicted octanol–water partition coefficient (Wildman–Crippen LogP) is 4.40. The molecule has 10 nitrogen and oxygen atoms in total. The van der Waals surface area contributed by atoms with Gasteiger partial charge in [0.2, 0.25) is 0 Å². The molecule has 13 heteroatoms. The summed E-state index contributed by atoms with van der Waals surface area (Å²) in [6.07, 6.45) is 0. The summed E-state index contributed by atoms with van der Waals surface area (Å²) < 4.78 is 40.0. The maximum absolute atomic E-state index is 12.8. The molecule has 0 bridgehead atoms. The van der Waals surface area contributed by atoms with Gasteiger partial charge in [-0.15, -0.1) is 12.4 Å². The highest BCUT2D eigenvalue weighted by atomic mass is 35.5. The number of aryl methyl sites for hydroxylation is 1. The lowest BCUT2D eigenvalue weighted by molar-refractivity contribution is 0.0947. The summed E-state index contributed by atoms with van der Waals surface area (Å²) in [5.41, 5.74) is 2.50. The van der Waals surface area contributed by atoms with Gasteiger partial charge in [0.25, 0.3) is 15.9 Å². The zero-order valence-electron chi connectivity index (χ0n) is 23.6. The zero-order chi connectivity index (χ0) is 29.0. The number of aromatic nitrogens is 1. The third-order valence-electron chi connectivity index (χ3n) is 6.96. The molecule has 0 aliphatic carbocycles. The monoisotopic (exact) mass is 631 g/mol. The van der Waals surface area contributed by atoms with Crippen molar-refractivity contribution in [2.24, 2.45) is 0 Å². The number of amides is 1. The van der Waals surface area contributed by atoms with E-state index in [-0.39, 0.29) is 23.2 Å². The summed E-state index contributed by atoms with van der Waals surface area (Å²) in [6, 6.07) is 16.9. The van der Waals surface area contributed by atoms with Crippen LogP contribution in [0.2, 0.25) is 0 Å². The Hall–Kier alpha value is -3.58. The minimum Gasteiger partial charge on any atom is -0.495 e. The summed E-state index contributed by atoms with van der Waals surface area (Å²) in [5.74, 6) is 1.26. The first-order valence-electron chi connectivity index (χ1n) is 13.2. The van der Waals surface area contributed by atoms with Crippen molar-refractivity contribution >= 4 is 60.7 Å². The van der Waals surface area contributed by atoms with Crippen molar-refractivity contribution in [3.63, 3.8) is 0 Å². The van der Waals surface area contributed by atoms with E-state index in [1.807, 2.05) is 19.1 Å². The third-order valence-corrected chi connectivity index (χ3v) is 9.49. The lowest BCUT2D eigenvalue weighted by atomic mass is 10.2. The molecule has 2 N–H and O–H groups in total. The summed E-state index contributed by atoms with van der Waals surface area (Å²) in [5, 5.41) is 3.89. The quantitative estimate of drug-likeness (QED) is 0.265. The number of nitrogens with zero attached hydrogens (tertiary/aromatic N) is 3. The molecule has 0 atom stereocenters. The second-order valence-corrected chi connectivity index (χ2v) is 12.4. The summed E-state index contributed by atoms with van der Waals surface area (Å²) in [6.45, 7) is 6.41. The Labute approximate surface area is 256 Å². The van der Waals surface area contributed by atoms with Crippen LogP contribution < -0.4 is 24.4 Å². The van der Waals surface area contributed by atoms with Crippen molar-refractivity contribution in [2.45, 2.75) is 11.8 Å². The van der Waals surface area contributed by atoms with E-state index in [4.69, 9.17) is 14.5 Å². The summed E-state index contributed by atoms with van der Waals surface area (Å²) >= 11 is 1.60. The molecule has 42 heavy (non-hydrogen) atoms. The zero-order valence-corrected chi connectivity index (χ0v) is 26.1. The number of benzene rings is 3. The van der Waals surface area contributed by atoms with Crippen molar-refractivity contribution in [3.05, 3.63) is 71.8 Å². The number of carbonyl (C=O) groups excluding carboxylic acids is 1. The fourth-order valence-electron chi connectivity index (χ4n) is 4.66. The number of sulfonamides is 1. The number of methoxy groups -OCH3 is 2. The molecule has 1 fully saturated rings. The molecule has 2 heterocycles. The number of ether oxygens (including phenoxy) is 2.